The summed E-state index contributed by atoms with van der Waals surface area (Å²) in [7, 11) is 0. The van der Waals surface area contributed by atoms with Gasteiger partial charge in [-0.1, -0.05) is 34.1 Å². The van der Waals surface area contributed by atoms with Crippen LogP contribution in [-0.4, -0.2) is 6.54 Å². The van der Waals surface area contributed by atoms with Crippen molar-refractivity contribution in [3.8, 4) is 0 Å². The molecule has 3 unspecified atom stereocenters. The summed E-state index contributed by atoms with van der Waals surface area (Å²) in [5.74, 6) is 4.79. The van der Waals surface area contributed by atoms with Gasteiger partial charge in [-0.2, -0.15) is 0 Å². The zero-order valence-corrected chi connectivity index (χ0v) is 14.8. The molecule has 0 aromatic rings. The molecule has 2 N–H and O–H groups in total. The van der Waals surface area contributed by atoms with Gasteiger partial charge in [0.05, 0.1) is 0 Å². The molecule has 0 radical (unpaired) electrons. The minimum atomic E-state index is 0.423. The third kappa shape index (κ3) is 2.48. The molecule has 3 aliphatic rings. The average Bonchev–Trinajstić information content (AvgIpc) is 2.46. The molecule has 3 saturated carbocycles. The zero-order valence-electron chi connectivity index (χ0n) is 14.8. The second-order valence-electron chi connectivity index (χ2n) is 9.53. The Balaban J connectivity index is 1.82. The van der Waals surface area contributed by atoms with Crippen LogP contribution >= 0.6 is 0 Å². The molecule has 1 heteroatoms. The van der Waals surface area contributed by atoms with E-state index in [1.54, 1.807) is 0 Å². The largest absolute Gasteiger partial charge is 0.330 e. The minimum Gasteiger partial charge on any atom is -0.330 e. The fraction of sp³-hybridized carbons (Fsp3) is 1.00. The van der Waals surface area contributed by atoms with Gasteiger partial charge >= 0.3 is 0 Å². The Morgan fingerprint density at radius 2 is 1.81 bits per heavy atom. The van der Waals surface area contributed by atoms with Gasteiger partial charge in [0, 0.05) is 0 Å². The maximum Gasteiger partial charge on any atom is -0.00203 e. The third-order valence-corrected chi connectivity index (χ3v) is 8.21. The normalized spacial score (nSPS) is 50.6. The molecule has 0 aromatic carbocycles. The Bertz CT molecular complexity index is 376. The van der Waals surface area contributed by atoms with Gasteiger partial charge in [0.25, 0.3) is 0 Å². The van der Waals surface area contributed by atoms with Crippen molar-refractivity contribution in [1.82, 2.24) is 0 Å². The first-order chi connectivity index (χ1) is 9.90. The van der Waals surface area contributed by atoms with E-state index in [-0.39, 0.29) is 0 Å². The number of hydrogen-bond donors (Lipinski definition) is 1. The van der Waals surface area contributed by atoms with Crippen molar-refractivity contribution in [1.29, 1.82) is 0 Å². The molecule has 3 fully saturated rings. The van der Waals surface area contributed by atoms with Gasteiger partial charge in [0.1, 0.15) is 0 Å². The van der Waals surface area contributed by atoms with Crippen molar-refractivity contribution < 1.29 is 0 Å². The molecular weight excluding hydrogens is 254 g/mol. The van der Waals surface area contributed by atoms with Crippen LogP contribution < -0.4 is 5.73 Å². The van der Waals surface area contributed by atoms with Crippen molar-refractivity contribution in [3.05, 3.63) is 0 Å². The Morgan fingerprint density at radius 1 is 1.05 bits per heavy atom. The van der Waals surface area contributed by atoms with Crippen LogP contribution in [0.4, 0.5) is 0 Å². The molecule has 0 amide bonds. The predicted octanol–water partition coefficient (Wildman–Crippen LogP) is 5.24. The van der Waals surface area contributed by atoms with E-state index in [4.69, 9.17) is 5.73 Å². The summed E-state index contributed by atoms with van der Waals surface area (Å²) >= 11 is 0. The standard InChI is InChI=1S/C20H37N/c1-14(2)15-6-8-17-16(12-15)7-9-18-19(3,13-21)10-5-11-20(17,18)4/h14-18H,5-13,21H2,1-4H3/t15?,16?,17-,18?,19-,20-/m1/s1. The Morgan fingerprint density at radius 3 is 2.48 bits per heavy atom. The Kier molecular flexibility index (Phi) is 4.19. The second-order valence-corrected chi connectivity index (χ2v) is 9.53. The number of rotatable bonds is 2. The quantitative estimate of drug-likeness (QED) is 0.739. The first-order valence-corrected chi connectivity index (χ1v) is 9.61. The van der Waals surface area contributed by atoms with Crippen molar-refractivity contribution in [2.24, 2.45) is 46.2 Å². The van der Waals surface area contributed by atoms with Gasteiger partial charge in [-0.05, 0) is 91.9 Å². The van der Waals surface area contributed by atoms with E-state index in [1.807, 2.05) is 0 Å². The molecule has 0 aliphatic heterocycles. The van der Waals surface area contributed by atoms with E-state index in [9.17, 15) is 0 Å². The van der Waals surface area contributed by atoms with Crippen LogP contribution in [0.5, 0.6) is 0 Å². The van der Waals surface area contributed by atoms with Gasteiger partial charge in [-0.15, -0.1) is 0 Å². The molecule has 0 saturated heterocycles. The summed E-state index contributed by atoms with van der Waals surface area (Å²) in [6.07, 6.45) is 11.7. The van der Waals surface area contributed by atoms with E-state index < -0.39 is 0 Å². The fourth-order valence-electron chi connectivity index (χ4n) is 6.86. The first kappa shape index (κ1) is 15.8. The lowest BCUT2D eigenvalue weighted by atomic mass is 9.43. The second kappa shape index (κ2) is 5.55. The summed E-state index contributed by atoms with van der Waals surface area (Å²) in [5.41, 5.74) is 7.25. The Hall–Kier alpha value is -0.0400. The SMILES string of the molecule is CC(C)C1CC[C@@H]2C(CCC3[C@@](C)(CN)CCC[C@@]32C)C1. The first-order valence-electron chi connectivity index (χ1n) is 9.61. The molecular formula is C20H37N. The number of fused-ring (bicyclic) bond motifs is 3. The van der Waals surface area contributed by atoms with Crippen LogP contribution in [0.15, 0.2) is 0 Å². The average molecular weight is 292 g/mol. The van der Waals surface area contributed by atoms with E-state index in [2.05, 4.69) is 27.7 Å². The van der Waals surface area contributed by atoms with Crippen LogP contribution in [0.25, 0.3) is 0 Å². The van der Waals surface area contributed by atoms with Crippen LogP contribution in [0.1, 0.15) is 79.1 Å². The van der Waals surface area contributed by atoms with Crippen LogP contribution in [0.2, 0.25) is 0 Å². The highest BCUT2D eigenvalue weighted by atomic mass is 14.7. The summed E-state index contributed by atoms with van der Waals surface area (Å²) in [6, 6.07) is 0. The van der Waals surface area contributed by atoms with Crippen LogP contribution in [0.3, 0.4) is 0 Å². The Labute approximate surface area is 132 Å². The highest BCUT2D eigenvalue weighted by Crippen LogP contribution is 2.64. The van der Waals surface area contributed by atoms with E-state index in [0.717, 1.165) is 36.1 Å². The topological polar surface area (TPSA) is 26.0 Å². The van der Waals surface area contributed by atoms with Gasteiger partial charge in [-0.3, -0.25) is 0 Å². The number of nitrogens with two attached hydrogens (primary N) is 1. The molecule has 3 rings (SSSR count). The van der Waals surface area contributed by atoms with Crippen LogP contribution in [0, 0.1) is 40.4 Å². The van der Waals surface area contributed by atoms with Gasteiger partial charge in [-0.25, -0.2) is 0 Å². The lowest BCUT2D eigenvalue weighted by molar-refractivity contribution is -0.119. The van der Waals surface area contributed by atoms with Crippen molar-refractivity contribution in [2.75, 3.05) is 6.54 Å². The number of hydrogen-bond acceptors (Lipinski definition) is 1. The molecule has 6 atom stereocenters. The van der Waals surface area contributed by atoms with Gasteiger partial charge in [0.15, 0.2) is 0 Å². The molecule has 0 aromatic heterocycles. The zero-order chi connectivity index (χ0) is 15.3. The monoisotopic (exact) mass is 291 g/mol. The summed E-state index contributed by atoms with van der Waals surface area (Å²) in [4.78, 5) is 0. The molecule has 0 spiro atoms. The molecule has 21 heavy (non-hydrogen) atoms. The van der Waals surface area contributed by atoms with Gasteiger partial charge < -0.3 is 5.73 Å². The smallest absolute Gasteiger partial charge is 0.00203 e. The summed E-state index contributed by atoms with van der Waals surface area (Å²) in [5, 5.41) is 0. The van der Waals surface area contributed by atoms with Crippen molar-refractivity contribution >= 4 is 0 Å². The summed E-state index contributed by atoms with van der Waals surface area (Å²) in [6.45, 7) is 10.9. The highest BCUT2D eigenvalue weighted by molar-refractivity contribution is 5.06. The lowest BCUT2D eigenvalue weighted by Gasteiger charge is -2.62. The lowest BCUT2D eigenvalue weighted by Crippen LogP contribution is -2.55. The molecule has 1 nitrogen and oxygen atoms in total. The van der Waals surface area contributed by atoms with Crippen molar-refractivity contribution in [2.45, 2.75) is 79.1 Å². The van der Waals surface area contributed by atoms with Crippen LogP contribution in [-0.2, 0) is 0 Å². The molecule has 3 aliphatic carbocycles. The highest BCUT2D eigenvalue weighted by Gasteiger charge is 2.56. The van der Waals surface area contributed by atoms with E-state index in [0.29, 0.717) is 10.8 Å². The molecule has 0 bridgehead atoms. The predicted molar refractivity (Wildman–Crippen MR) is 91.0 cm³/mol. The summed E-state index contributed by atoms with van der Waals surface area (Å²) < 4.78 is 0. The third-order valence-electron chi connectivity index (χ3n) is 8.21. The minimum absolute atomic E-state index is 0.423. The fourth-order valence-corrected chi connectivity index (χ4v) is 6.86. The van der Waals surface area contributed by atoms with E-state index in [1.165, 1.54) is 51.4 Å². The maximum absolute atomic E-state index is 6.23. The van der Waals surface area contributed by atoms with Crippen molar-refractivity contribution in [3.63, 3.8) is 0 Å². The van der Waals surface area contributed by atoms with Gasteiger partial charge in [0.2, 0.25) is 0 Å². The van der Waals surface area contributed by atoms with E-state index >= 15 is 0 Å². The maximum atomic E-state index is 6.23. The molecule has 0 heterocycles. The molecule has 122 valence electrons.